The Hall–Kier alpha value is -1.84. The first kappa shape index (κ1) is 26.2. The standard InChI is InChI=1S/C26H42O4/c1-9-20-16-21(24(27)29-14-10-12-18(2)3)22(17-23(20)26(6,7)8)25(28)30-15-11-13-19(4)5/h16-19H,9-15H2,1-8H3. The van der Waals surface area contributed by atoms with Crippen LogP contribution in [0, 0.1) is 11.8 Å². The molecule has 0 amide bonds. The van der Waals surface area contributed by atoms with Crippen molar-refractivity contribution in [1.29, 1.82) is 0 Å². The van der Waals surface area contributed by atoms with Gasteiger partial charge in [-0.25, -0.2) is 9.59 Å². The number of hydrogen-bond acceptors (Lipinski definition) is 4. The predicted octanol–water partition coefficient (Wildman–Crippen LogP) is 6.73. The molecule has 0 saturated heterocycles. The Kier molecular flexibility index (Phi) is 10.6. The summed E-state index contributed by atoms with van der Waals surface area (Å²) in [6.45, 7) is 17.7. The summed E-state index contributed by atoms with van der Waals surface area (Å²) < 4.78 is 11.0. The van der Waals surface area contributed by atoms with Crippen molar-refractivity contribution in [2.75, 3.05) is 13.2 Å². The third-order valence-corrected chi connectivity index (χ3v) is 5.19. The van der Waals surface area contributed by atoms with Crippen molar-refractivity contribution in [2.45, 2.75) is 92.9 Å². The molecule has 1 aromatic carbocycles. The van der Waals surface area contributed by atoms with Gasteiger partial charge in [0.2, 0.25) is 0 Å². The fourth-order valence-corrected chi connectivity index (χ4v) is 3.44. The zero-order valence-electron chi connectivity index (χ0n) is 20.4. The molecule has 1 aromatic rings. The number of carbonyl (C=O) groups is 2. The number of esters is 2. The van der Waals surface area contributed by atoms with Crippen LogP contribution in [0.3, 0.4) is 0 Å². The summed E-state index contributed by atoms with van der Waals surface area (Å²) in [5, 5.41) is 0. The zero-order valence-corrected chi connectivity index (χ0v) is 20.4. The molecule has 30 heavy (non-hydrogen) atoms. The lowest BCUT2D eigenvalue weighted by atomic mass is 9.81. The molecule has 0 aliphatic carbocycles. The van der Waals surface area contributed by atoms with Crippen molar-refractivity contribution in [3.05, 3.63) is 34.4 Å². The van der Waals surface area contributed by atoms with E-state index < -0.39 is 11.9 Å². The molecule has 0 radical (unpaired) electrons. The summed E-state index contributed by atoms with van der Waals surface area (Å²) in [6.07, 6.45) is 4.42. The highest BCUT2D eigenvalue weighted by Crippen LogP contribution is 2.30. The van der Waals surface area contributed by atoms with E-state index >= 15 is 0 Å². The van der Waals surface area contributed by atoms with Gasteiger partial charge in [-0.3, -0.25) is 0 Å². The van der Waals surface area contributed by atoms with E-state index in [0.29, 0.717) is 36.2 Å². The van der Waals surface area contributed by atoms with E-state index in [4.69, 9.17) is 9.47 Å². The molecular weight excluding hydrogens is 376 g/mol. The van der Waals surface area contributed by atoms with E-state index in [1.807, 2.05) is 12.1 Å². The van der Waals surface area contributed by atoms with Crippen LogP contribution in [0.5, 0.6) is 0 Å². The SMILES string of the molecule is CCc1cc(C(=O)OCCCC(C)C)c(C(=O)OCCCC(C)C)cc1C(C)(C)C. The Morgan fingerprint density at radius 2 is 1.27 bits per heavy atom. The lowest BCUT2D eigenvalue weighted by molar-refractivity contribution is 0.0447. The van der Waals surface area contributed by atoms with E-state index in [2.05, 4.69) is 55.4 Å². The van der Waals surface area contributed by atoms with Gasteiger partial charge in [0.25, 0.3) is 0 Å². The molecule has 4 nitrogen and oxygen atoms in total. The maximum Gasteiger partial charge on any atom is 0.339 e. The number of benzene rings is 1. The van der Waals surface area contributed by atoms with Gasteiger partial charge in [-0.05, 0) is 72.6 Å². The van der Waals surface area contributed by atoms with Crippen LogP contribution < -0.4 is 0 Å². The first-order chi connectivity index (χ1) is 14.0. The van der Waals surface area contributed by atoms with Gasteiger partial charge in [-0.1, -0.05) is 55.4 Å². The molecule has 0 saturated carbocycles. The van der Waals surface area contributed by atoms with Crippen LogP contribution in [0.4, 0.5) is 0 Å². The van der Waals surface area contributed by atoms with Gasteiger partial charge in [0, 0.05) is 0 Å². The van der Waals surface area contributed by atoms with Gasteiger partial charge in [-0.15, -0.1) is 0 Å². The normalized spacial score (nSPS) is 11.8. The van der Waals surface area contributed by atoms with E-state index in [0.717, 1.165) is 43.2 Å². The van der Waals surface area contributed by atoms with Gasteiger partial charge in [0.1, 0.15) is 0 Å². The molecule has 0 N–H and O–H groups in total. The van der Waals surface area contributed by atoms with Crippen molar-refractivity contribution in [3.63, 3.8) is 0 Å². The number of aryl methyl sites for hydroxylation is 1. The Bertz CT molecular complexity index is 696. The van der Waals surface area contributed by atoms with Crippen molar-refractivity contribution < 1.29 is 19.1 Å². The van der Waals surface area contributed by atoms with Gasteiger partial charge >= 0.3 is 11.9 Å². The van der Waals surface area contributed by atoms with Crippen LogP contribution in [-0.4, -0.2) is 25.2 Å². The monoisotopic (exact) mass is 418 g/mol. The first-order valence-electron chi connectivity index (χ1n) is 11.5. The lowest BCUT2D eigenvalue weighted by Gasteiger charge is -2.24. The van der Waals surface area contributed by atoms with Crippen LogP contribution in [0.2, 0.25) is 0 Å². The summed E-state index contributed by atoms with van der Waals surface area (Å²) in [6, 6.07) is 3.67. The lowest BCUT2D eigenvalue weighted by Crippen LogP contribution is -2.21. The Balaban J connectivity index is 3.13. The first-order valence-corrected chi connectivity index (χ1v) is 11.5. The highest BCUT2D eigenvalue weighted by molar-refractivity contribution is 6.03. The zero-order chi connectivity index (χ0) is 22.9. The largest absolute Gasteiger partial charge is 0.462 e. The molecule has 0 heterocycles. The fourth-order valence-electron chi connectivity index (χ4n) is 3.44. The Labute approximate surface area is 183 Å². The molecule has 0 bridgehead atoms. The minimum atomic E-state index is -0.443. The second kappa shape index (κ2) is 12.1. The number of rotatable bonds is 11. The maximum atomic E-state index is 12.9. The molecule has 0 aliphatic heterocycles. The van der Waals surface area contributed by atoms with Crippen molar-refractivity contribution in [1.82, 2.24) is 0 Å². The molecule has 0 aliphatic rings. The van der Waals surface area contributed by atoms with Crippen LogP contribution >= 0.6 is 0 Å². The van der Waals surface area contributed by atoms with Crippen LogP contribution in [-0.2, 0) is 21.3 Å². The average Bonchev–Trinajstić information content (AvgIpc) is 2.66. The van der Waals surface area contributed by atoms with Crippen LogP contribution in [0.1, 0.15) is 113 Å². The molecule has 0 atom stereocenters. The van der Waals surface area contributed by atoms with E-state index in [1.54, 1.807) is 0 Å². The van der Waals surface area contributed by atoms with Crippen molar-refractivity contribution in [3.8, 4) is 0 Å². The molecule has 0 spiro atoms. The second-order valence-corrected chi connectivity index (χ2v) is 10.0. The molecule has 4 heteroatoms. The van der Waals surface area contributed by atoms with Crippen molar-refractivity contribution >= 4 is 11.9 Å². The third kappa shape index (κ3) is 8.49. The van der Waals surface area contributed by atoms with E-state index in [1.165, 1.54) is 0 Å². The summed E-state index contributed by atoms with van der Waals surface area (Å²) in [5.41, 5.74) is 2.62. The Morgan fingerprint density at radius 1 is 0.833 bits per heavy atom. The van der Waals surface area contributed by atoms with E-state index in [-0.39, 0.29) is 5.41 Å². The molecule has 0 fully saturated rings. The van der Waals surface area contributed by atoms with Crippen LogP contribution in [0.15, 0.2) is 12.1 Å². The predicted molar refractivity (Wildman–Crippen MR) is 123 cm³/mol. The molecular formula is C26H42O4. The van der Waals surface area contributed by atoms with E-state index in [9.17, 15) is 9.59 Å². The number of hydrogen-bond donors (Lipinski definition) is 0. The summed E-state index contributed by atoms with van der Waals surface area (Å²) in [7, 11) is 0. The average molecular weight is 419 g/mol. The van der Waals surface area contributed by atoms with Gasteiger partial charge in [0.05, 0.1) is 24.3 Å². The quantitative estimate of drug-likeness (QED) is 0.295. The summed E-state index contributed by atoms with van der Waals surface area (Å²) >= 11 is 0. The third-order valence-electron chi connectivity index (χ3n) is 5.19. The highest BCUT2D eigenvalue weighted by Gasteiger charge is 2.26. The molecule has 170 valence electrons. The maximum absolute atomic E-state index is 12.9. The summed E-state index contributed by atoms with van der Waals surface area (Å²) in [5.74, 6) is 0.248. The smallest absolute Gasteiger partial charge is 0.339 e. The highest BCUT2D eigenvalue weighted by atomic mass is 16.5. The molecule has 1 rings (SSSR count). The minimum Gasteiger partial charge on any atom is -0.462 e. The molecule has 0 aromatic heterocycles. The van der Waals surface area contributed by atoms with Crippen molar-refractivity contribution in [2.24, 2.45) is 11.8 Å². The van der Waals surface area contributed by atoms with Gasteiger partial charge in [-0.2, -0.15) is 0 Å². The van der Waals surface area contributed by atoms with Crippen LogP contribution in [0.25, 0.3) is 0 Å². The Morgan fingerprint density at radius 3 is 1.63 bits per heavy atom. The number of ether oxygens (including phenoxy) is 2. The second-order valence-electron chi connectivity index (χ2n) is 10.0. The topological polar surface area (TPSA) is 52.6 Å². The fraction of sp³-hybridized carbons (Fsp3) is 0.692. The minimum absolute atomic E-state index is 0.141. The van der Waals surface area contributed by atoms with Gasteiger partial charge in [0.15, 0.2) is 0 Å². The van der Waals surface area contributed by atoms with Gasteiger partial charge < -0.3 is 9.47 Å². The summed E-state index contributed by atoms with van der Waals surface area (Å²) in [4.78, 5) is 25.7. The number of carbonyl (C=O) groups excluding carboxylic acids is 2. The molecule has 0 unspecified atom stereocenters.